The molecule has 1 heterocycles. The van der Waals surface area contributed by atoms with Gasteiger partial charge in [-0.05, 0) is 26.0 Å². The molecule has 0 amide bonds. The number of rotatable bonds is 3. The number of esters is 1. The van der Waals surface area contributed by atoms with Crippen molar-refractivity contribution < 1.29 is 14.6 Å². The number of nitrogens with zero attached hydrogens (tertiary/aromatic N) is 2. The molecule has 0 fully saturated rings. The molecule has 0 aliphatic rings. The predicted molar refractivity (Wildman–Crippen MR) is 69.8 cm³/mol. The third-order valence-electron chi connectivity index (χ3n) is 2.54. The van der Waals surface area contributed by atoms with Crippen LogP contribution in [-0.2, 0) is 4.74 Å². The molecule has 0 aliphatic heterocycles. The molecular formula is C14H14N2O3. The number of aromatic hydroxyl groups is 1. The number of hydrogen-bond acceptors (Lipinski definition) is 5. The van der Waals surface area contributed by atoms with Gasteiger partial charge in [0, 0.05) is 5.56 Å². The van der Waals surface area contributed by atoms with Gasteiger partial charge in [0.15, 0.2) is 0 Å². The maximum Gasteiger partial charge on any atom is 0.338 e. The summed E-state index contributed by atoms with van der Waals surface area (Å²) in [6.07, 6.45) is 1.49. The fraction of sp³-hybridized carbons (Fsp3) is 0.214. The molecule has 2 rings (SSSR count). The summed E-state index contributed by atoms with van der Waals surface area (Å²) in [5, 5.41) is 9.69. The lowest BCUT2D eigenvalue weighted by Crippen LogP contribution is -2.04. The van der Waals surface area contributed by atoms with Gasteiger partial charge < -0.3 is 9.84 Å². The SMILES string of the molecule is CCOC(=O)c1ccc(-c2nc(C)cnc2O)cc1. The average molecular weight is 258 g/mol. The third-order valence-corrected chi connectivity index (χ3v) is 2.54. The summed E-state index contributed by atoms with van der Waals surface area (Å²) in [6.45, 7) is 3.89. The van der Waals surface area contributed by atoms with Gasteiger partial charge >= 0.3 is 5.97 Å². The van der Waals surface area contributed by atoms with Gasteiger partial charge in [0.1, 0.15) is 5.69 Å². The topological polar surface area (TPSA) is 72.3 Å². The molecule has 0 atom stereocenters. The van der Waals surface area contributed by atoms with Crippen molar-refractivity contribution in [3.63, 3.8) is 0 Å². The van der Waals surface area contributed by atoms with Crippen molar-refractivity contribution in [3.8, 4) is 17.1 Å². The first-order chi connectivity index (χ1) is 9.11. The second-order valence-corrected chi connectivity index (χ2v) is 3.98. The van der Waals surface area contributed by atoms with Gasteiger partial charge in [0.05, 0.1) is 24.1 Å². The van der Waals surface area contributed by atoms with Crippen LogP contribution in [0.25, 0.3) is 11.3 Å². The largest absolute Gasteiger partial charge is 0.492 e. The van der Waals surface area contributed by atoms with E-state index in [0.29, 0.717) is 29.1 Å². The number of aryl methyl sites for hydroxylation is 1. The standard InChI is InChI=1S/C14H14N2O3/c1-3-19-14(18)11-6-4-10(5-7-11)12-13(17)15-8-9(2)16-12/h4-8H,3H2,1-2H3,(H,15,17). The van der Waals surface area contributed by atoms with Crippen LogP contribution in [0.5, 0.6) is 5.88 Å². The summed E-state index contributed by atoms with van der Waals surface area (Å²) in [4.78, 5) is 19.6. The van der Waals surface area contributed by atoms with Crippen LogP contribution in [0.4, 0.5) is 0 Å². The molecule has 0 spiro atoms. The molecule has 5 nitrogen and oxygen atoms in total. The Balaban J connectivity index is 2.32. The molecule has 1 aromatic carbocycles. The summed E-state index contributed by atoms with van der Waals surface area (Å²) < 4.78 is 4.90. The van der Waals surface area contributed by atoms with E-state index in [2.05, 4.69) is 9.97 Å². The van der Waals surface area contributed by atoms with Crippen molar-refractivity contribution in [1.82, 2.24) is 9.97 Å². The van der Waals surface area contributed by atoms with Gasteiger partial charge in [0.25, 0.3) is 0 Å². The lowest BCUT2D eigenvalue weighted by atomic mass is 10.1. The molecule has 0 saturated heterocycles. The summed E-state index contributed by atoms with van der Waals surface area (Å²) in [5.41, 5.74) is 2.27. The lowest BCUT2D eigenvalue weighted by Gasteiger charge is -2.05. The Kier molecular flexibility index (Phi) is 3.75. The van der Waals surface area contributed by atoms with Gasteiger partial charge in [-0.2, -0.15) is 0 Å². The molecule has 19 heavy (non-hydrogen) atoms. The molecule has 0 aliphatic carbocycles. The van der Waals surface area contributed by atoms with Crippen molar-refractivity contribution in [2.75, 3.05) is 6.61 Å². The van der Waals surface area contributed by atoms with Crippen LogP contribution in [0.3, 0.4) is 0 Å². The Morgan fingerprint density at radius 2 is 2.00 bits per heavy atom. The highest BCUT2D eigenvalue weighted by Crippen LogP contribution is 2.25. The summed E-state index contributed by atoms with van der Waals surface area (Å²) >= 11 is 0. The first kappa shape index (κ1) is 13.0. The van der Waals surface area contributed by atoms with Gasteiger partial charge in [0.2, 0.25) is 5.88 Å². The molecule has 0 saturated carbocycles. The maximum absolute atomic E-state index is 11.5. The highest BCUT2D eigenvalue weighted by atomic mass is 16.5. The number of benzene rings is 1. The minimum atomic E-state index is -0.367. The zero-order chi connectivity index (χ0) is 13.8. The summed E-state index contributed by atoms with van der Waals surface area (Å²) in [6, 6.07) is 6.68. The number of carbonyl (C=O) groups is 1. The fourth-order valence-electron chi connectivity index (χ4n) is 1.64. The molecule has 0 bridgehead atoms. The highest BCUT2D eigenvalue weighted by molar-refractivity contribution is 5.90. The Bertz CT molecular complexity index is 594. The van der Waals surface area contributed by atoms with Gasteiger partial charge in [-0.25, -0.2) is 14.8 Å². The average Bonchev–Trinajstić information content (AvgIpc) is 2.42. The van der Waals surface area contributed by atoms with Crippen molar-refractivity contribution in [3.05, 3.63) is 41.7 Å². The van der Waals surface area contributed by atoms with Crippen LogP contribution in [-0.4, -0.2) is 27.7 Å². The number of carbonyl (C=O) groups excluding carboxylic acids is 1. The first-order valence-corrected chi connectivity index (χ1v) is 5.92. The van der Waals surface area contributed by atoms with E-state index in [0.717, 1.165) is 0 Å². The van der Waals surface area contributed by atoms with Crippen molar-refractivity contribution in [2.45, 2.75) is 13.8 Å². The van der Waals surface area contributed by atoms with Crippen LogP contribution in [0.15, 0.2) is 30.5 Å². The molecule has 5 heteroatoms. The highest BCUT2D eigenvalue weighted by Gasteiger charge is 2.10. The fourth-order valence-corrected chi connectivity index (χ4v) is 1.64. The smallest absolute Gasteiger partial charge is 0.338 e. The van der Waals surface area contributed by atoms with Crippen molar-refractivity contribution in [2.24, 2.45) is 0 Å². The molecule has 1 aromatic heterocycles. The van der Waals surface area contributed by atoms with E-state index in [-0.39, 0.29) is 11.8 Å². The zero-order valence-corrected chi connectivity index (χ0v) is 10.8. The molecular weight excluding hydrogens is 244 g/mol. The Morgan fingerprint density at radius 3 is 2.63 bits per heavy atom. The van der Waals surface area contributed by atoms with E-state index in [9.17, 15) is 9.90 Å². The minimum absolute atomic E-state index is 0.130. The van der Waals surface area contributed by atoms with E-state index >= 15 is 0 Å². The molecule has 2 aromatic rings. The van der Waals surface area contributed by atoms with Gasteiger partial charge in [-0.15, -0.1) is 0 Å². The predicted octanol–water partition coefficient (Wildman–Crippen LogP) is 2.33. The Morgan fingerprint density at radius 1 is 1.32 bits per heavy atom. The summed E-state index contributed by atoms with van der Waals surface area (Å²) in [5.74, 6) is -0.497. The van der Waals surface area contributed by atoms with Crippen LogP contribution >= 0.6 is 0 Å². The third kappa shape index (κ3) is 2.88. The molecule has 0 radical (unpaired) electrons. The summed E-state index contributed by atoms with van der Waals surface area (Å²) in [7, 11) is 0. The van der Waals surface area contributed by atoms with Crippen LogP contribution in [0.2, 0.25) is 0 Å². The Labute approximate surface area is 110 Å². The zero-order valence-electron chi connectivity index (χ0n) is 10.8. The second kappa shape index (κ2) is 5.48. The normalized spacial score (nSPS) is 10.2. The Hall–Kier alpha value is -2.43. The maximum atomic E-state index is 11.5. The van der Waals surface area contributed by atoms with Crippen molar-refractivity contribution in [1.29, 1.82) is 0 Å². The van der Waals surface area contributed by atoms with Gasteiger partial charge in [-0.3, -0.25) is 0 Å². The molecule has 1 N–H and O–H groups in total. The molecule has 0 unspecified atom stereocenters. The second-order valence-electron chi connectivity index (χ2n) is 3.98. The molecule has 98 valence electrons. The van der Waals surface area contributed by atoms with Crippen LogP contribution in [0.1, 0.15) is 23.0 Å². The lowest BCUT2D eigenvalue weighted by molar-refractivity contribution is 0.0526. The van der Waals surface area contributed by atoms with E-state index in [1.165, 1.54) is 6.20 Å². The number of ether oxygens (including phenoxy) is 1. The van der Waals surface area contributed by atoms with E-state index in [4.69, 9.17) is 4.74 Å². The van der Waals surface area contributed by atoms with E-state index in [1.807, 2.05) is 0 Å². The monoisotopic (exact) mass is 258 g/mol. The van der Waals surface area contributed by atoms with Gasteiger partial charge in [-0.1, -0.05) is 12.1 Å². The first-order valence-electron chi connectivity index (χ1n) is 5.92. The number of hydrogen-bond donors (Lipinski definition) is 1. The van der Waals surface area contributed by atoms with Crippen molar-refractivity contribution >= 4 is 5.97 Å². The van der Waals surface area contributed by atoms with Crippen LogP contribution in [0, 0.1) is 6.92 Å². The van der Waals surface area contributed by atoms with Crippen LogP contribution < -0.4 is 0 Å². The quantitative estimate of drug-likeness (QED) is 0.855. The number of aromatic nitrogens is 2. The van der Waals surface area contributed by atoms with E-state index in [1.54, 1.807) is 38.1 Å². The van der Waals surface area contributed by atoms with E-state index < -0.39 is 0 Å². The minimum Gasteiger partial charge on any atom is -0.492 e.